The maximum Gasteiger partial charge on any atom is 0.306 e. The van der Waals surface area contributed by atoms with Crippen molar-refractivity contribution in [1.29, 1.82) is 0 Å². The number of carbonyl (C=O) groups excluding carboxylic acids is 1. The Morgan fingerprint density at radius 3 is 2.52 bits per heavy atom. The van der Waals surface area contributed by atoms with Crippen molar-refractivity contribution < 1.29 is 27.6 Å². The van der Waals surface area contributed by atoms with Gasteiger partial charge in [0.15, 0.2) is 11.5 Å². The van der Waals surface area contributed by atoms with Crippen LogP contribution < -0.4 is 9.47 Å². The molecule has 12 nitrogen and oxygen atoms in total. The van der Waals surface area contributed by atoms with Crippen molar-refractivity contribution in [3.8, 4) is 11.5 Å². The molecule has 1 saturated heterocycles. The molecule has 0 saturated carbocycles. The fourth-order valence-corrected chi connectivity index (χ4v) is 4.89. The lowest BCUT2D eigenvalue weighted by Gasteiger charge is -2.34. The van der Waals surface area contributed by atoms with Gasteiger partial charge in [0, 0.05) is 45.2 Å². The van der Waals surface area contributed by atoms with Gasteiger partial charge in [-0.2, -0.15) is 9.40 Å². The average molecular weight is 451 g/mol. The number of hydrogen-bond acceptors (Lipinski definition) is 8. The molecule has 3 heterocycles. The number of benzene rings is 1. The van der Waals surface area contributed by atoms with Gasteiger partial charge in [-0.3, -0.25) is 19.6 Å². The maximum absolute atomic E-state index is 13.0. The standard InChI is InChI=1S/C18H21N5O7S/c24-18(3-4-21-13-14(12-19-21)23(25)26)20-5-7-22(8-6-20)31(27,28)15-1-2-16-17(11-15)30-10-9-29-16/h1-2,11-13H,3-10H2. The molecule has 2 aromatic rings. The minimum absolute atomic E-state index is 0.119. The number of rotatable bonds is 6. The number of aromatic nitrogens is 2. The van der Waals surface area contributed by atoms with E-state index in [9.17, 15) is 23.3 Å². The Hall–Kier alpha value is -3.19. The lowest BCUT2D eigenvalue weighted by atomic mass is 10.3. The quantitative estimate of drug-likeness (QED) is 0.457. The zero-order valence-corrected chi connectivity index (χ0v) is 17.4. The lowest BCUT2D eigenvalue weighted by molar-refractivity contribution is -0.385. The second-order valence-corrected chi connectivity index (χ2v) is 9.00. The van der Waals surface area contributed by atoms with Gasteiger partial charge < -0.3 is 14.4 Å². The Morgan fingerprint density at radius 2 is 1.84 bits per heavy atom. The summed E-state index contributed by atoms with van der Waals surface area (Å²) in [6.45, 7) is 1.88. The molecule has 2 aliphatic rings. The molecule has 31 heavy (non-hydrogen) atoms. The molecule has 2 aliphatic heterocycles. The number of aryl methyl sites for hydroxylation is 1. The number of piperazine rings is 1. The fourth-order valence-electron chi connectivity index (χ4n) is 3.45. The van der Waals surface area contributed by atoms with Gasteiger partial charge in [0.2, 0.25) is 15.9 Å². The summed E-state index contributed by atoms with van der Waals surface area (Å²) >= 11 is 0. The molecule has 0 bridgehead atoms. The fraction of sp³-hybridized carbons (Fsp3) is 0.444. The largest absolute Gasteiger partial charge is 0.486 e. The van der Waals surface area contributed by atoms with Crippen LogP contribution >= 0.6 is 0 Å². The van der Waals surface area contributed by atoms with Crippen LogP contribution in [-0.2, 0) is 21.4 Å². The Morgan fingerprint density at radius 1 is 1.13 bits per heavy atom. The summed E-state index contributed by atoms with van der Waals surface area (Å²) in [5.74, 6) is 0.762. The van der Waals surface area contributed by atoms with E-state index in [1.807, 2.05) is 0 Å². The van der Waals surface area contributed by atoms with Crippen molar-refractivity contribution in [2.45, 2.75) is 17.9 Å². The number of fused-ring (bicyclic) bond motifs is 1. The number of nitrogens with zero attached hydrogens (tertiary/aromatic N) is 5. The predicted octanol–water partition coefficient (Wildman–Crippen LogP) is 0.486. The van der Waals surface area contributed by atoms with Crippen LogP contribution in [0, 0.1) is 10.1 Å². The normalized spacial score (nSPS) is 16.8. The van der Waals surface area contributed by atoms with E-state index in [1.54, 1.807) is 11.0 Å². The highest BCUT2D eigenvalue weighted by Crippen LogP contribution is 2.33. The monoisotopic (exact) mass is 451 g/mol. The topological polar surface area (TPSA) is 137 Å². The van der Waals surface area contributed by atoms with Crippen LogP contribution in [0.15, 0.2) is 35.5 Å². The molecule has 1 aromatic heterocycles. The first-order valence-corrected chi connectivity index (χ1v) is 11.1. The molecular formula is C18H21N5O7S. The molecule has 0 unspecified atom stereocenters. The zero-order valence-electron chi connectivity index (χ0n) is 16.5. The third-order valence-corrected chi connectivity index (χ3v) is 7.02. The van der Waals surface area contributed by atoms with Crippen molar-refractivity contribution >= 4 is 21.6 Å². The van der Waals surface area contributed by atoms with Crippen molar-refractivity contribution in [3.05, 3.63) is 40.7 Å². The number of ether oxygens (including phenoxy) is 2. The molecule has 0 N–H and O–H groups in total. The van der Waals surface area contributed by atoms with Crippen molar-refractivity contribution in [2.24, 2.45) is 0 Å². The van der Waals surface area contributed by atoms with E-state index in [4.69, 9.17) is 9.47 Å². The first-order chi connectivity index (χ1) is 14.8. The molecule has 0 radical (unpaired) electrons. The van der Waals surface area contributed by atoms with E-state index >= 15 is 0 Å². The van der Waals surface area contributed by atoms with E-state index in [0.717, 1.165) is 6.20 Å². The minimum atomic E-state index is -3.72. The number of amides is 1. The average Bonchev–Trinajstić information content (AvgIpc) is 3.27. The molecule has 1 amide bonds. The number of hydrogen-bond donors (Lipinski definition) is 0. The van der Waals surface area contributed by atoms with E-state index in [1.165, 1.54) is 27.3 Å². The summed E-state index contributed by atoms with van der Waals surface area (Å²) in [7, 11) is -3.72. The second-order valence-electron chi connectivity index (χ2n) is 7.06. The molecular weight excluding hydrogens is 430 g/mol. The summed E-state index contributed by atoms with van der Waals surface area (Å²) in [4.78, 5) is 24.3. The summed E-state index contributed by atoms with van der Waals surface area (Å²) in [6, 6.07) is 4.54. The highest BCUT2D eigenvalue weighted by molar-refractivity contribution is 7.89. The molecule has 166 valence electrons. The van der Waals surface area contributed by atoms with E-state index in [0.29, 0.717) is 24.7 Å². The van der Waals surface area contributed by atoms with Crippen LogP contribution in [0.2, 0.25) is 0 Å². The maximum atomic E-state index is 13.0. The first kappa shape index (κ1) is 21.1. The van der Waals surface area contributed by atoms with Gasteiger partial charge in [-0.05, 0) is 12.1 Å². The summed E-state index contributed by atoms with van der Waals surface area (Å²) in [5, 5.41) is 14.6. The summed E-state index contributed by atoms with van der Waals surface area (Å²) in [6.07, 6.45) is 2.52. The van der Waals surface area contributed by atoms with Crippen LogP contribution in [0.5, 0.6) is 11.5 Å². The van der Waals surface area contributed by atoms with E-state index < -0.39 is 14.9 Å². The number of sulfonamides is 1. The van der Waals surface area contributed by atoms with Gasteiger partial charge in [-0.25, -0.2) is 8.42 Å². The Labute approximate surface area is 178 Å². The van der Waals surface area contributed by atoms with Gasteiger partial charge in [-0.15, -0.1) is 0 Å². The van der Waals surface area contributed by atoms with Crippen LogP contribution in [-0.4, -0.2) is 77.6 Å². The molecule has 13 heteroatoms. The molecule has 0 atom stereocenters. The number of nitro groups is 1. The van der Waals surface area contributed by atoms with Crippen LogP contribution in [0.3, 0.4) is 0 Å². The van der Waals surface area contributed by atoms with Crippen LogP contribution in [0.25, 0.3) is 0 Å². The van der Waals surface area contributed by atoms with Gasteiger partial charge in [-0.1, -0.05) is 0 Å². The van der Waals surface area contributed by atoms with E-state index in [-0.39, 0.29) is 55.6 Å². The van der Waals surface area contributed by atoms with Crippen LogP contribution in [0.1, 0.15) is 6.42 Å². The third kappa shape index (κ3) is 4.46. The van der Waals surface area contributed by atoms with Crippen molar-refractivity contribution in [1.82, 2.24) is 19.0 Å². The Bertz CT molecular complexity index is 1090. The third-order valence-electron chi connectivity index (χ3n) is 5.13. The Balaban J connectivity index is 1.33. The zero-order chi connectivity index (χ0) is 22.0. The molecule has 1 aromatic carbocycles. The van der Waals surface area contributed by atoms with Crippen molar-refractivity contribution in [2.75, 3.05) is 39.4 Å². The van der Waals surface area contributed by atoms with Gasteiger partial charge in [0.25, 0.3) is 0 Å². The number of carbonyl (C=O) groups is 1. The summed E-state index contributed by atoms with van der Waals surface area (Å²) < 4.78 is 39.5. The van der Waals surface area contributed by atoms with E-state index in [2.05, 4.69) is 5.10 Å². The van der Waals surface area contributed by atoms with Crippen molar-refractivity contribution in [3.63, 3.8) is 0 Å². The van der Waals surface area contributed by atoms with Gasteiger partial charge >= 0.3 is 5.69 Å². The smallest absolute Gasteiger partial charge is 0.306 e. The van der Waals surface area contributed by atoms with Gasteiger partial charge in [0.1, 0.15) is 25.6 Å². The van der Waals surface area contributed by atoms with Crippen LogP contribution in [0.4, 0.5) is 5.69 Å². The Kier molecular flexibility index (Phi) is 5.78. The highest BCUT2D eigenvalue weighted by Gasteiger charge is 2.31. The predicted molar refractivity (Wildman–Crippen MR) is 106 cm³/mol. The highest BCUT2D eigenvalue weighted by atomic mass is 32.2. The first-order valence-electron chi connectivity index (χ1n) is 9.69. The molecule has 0 spiro atoms. The SMILES string of the molecule is O=C(CCn1cc([N+](=O)[O-])cn1)N1CCN(S(=O)(=O)c2ccc3c(c2)OCCO3)CC1. The minimum Gasteiger partial charge on any atom is -0.486 e. The molecule has 0 aliphatic carbocycles. The molecule has 4 rings (SSSR count). The summed E-state index contributed by atoms with van der Waals surface area (Å²) in [5.41, 5.74) is -0.134. The van der Waals surface area contributed by atoms with Gasteiger partial charge in [0.05, 0.1) is 9.82 Å². The second kappa shape index (κ2) is 8.51. The lowest BCUT2D eigenvalue weighted by Crippen LogP contribution is -2.50. The molecule has 1 fully saturated rings.